The lowest BCUT2D eigenvalue weighted by molar-refractivity contribution is -0.117. The van der Waals surface area contributed by atoms with E-state index in [1.807, 2.05) is 19.9 Å². The van der Waals surface area contributed by atoms with Gasteiger partial charge in [-0.05, 0) is 39.3 Å². The second-order valence-electron chi connectivity index (χ2n) is 4.11. The van der Waals surface area contributed by atoms with Crippen LogP contribution in [0.15, 0.2) is 6.07 Å². The van der Waals surface area contributed by atoms with Gasteiger partial charge in [0.25, 0.3) is 0 Å². The molecule has 0 spiro atoms. The molecule has 0 radical (unpaired) electrons. The Balaban J connectivity index is 2.05. The van der Waals surface area contributed by atoms with Crippen LogP contribution in [0.5, 0.6) is 0 Å². The SMILES string of the molecule is Cc1cc(C)nc(NC(=O)[C@@H]2CCCN2)n1. The third-order valence-corrected chi connectivity index (χ3v) is 2.59. The van der Waals surface area contributed by atoms with Crippen molar-refractivity contribution in [2.24, 2.45) is 0 Å². The Morgan fingerprint density at radius 2 is 2.12 bits per heavy atom. The van der Waals surface area contributed by atoms with Crippen molar-refractivity contribution in [3.63, 3.8) is 0 Å². The Kier molecular flexibility index (Phi) is 3.14. The summed E-state index contributed by atoms with van der Waals surface area (Å²) in [4.78, 5) is 20.1. The summed E-state index contributed by atoms with van der Waals surface area (Å²) in [5.41, 5.74) is 1.73. The van der Waals surface area contributed by atoms with Crippen LogP contribution in [0.3, 0.4) is 0 Å². The van der Waals surface area contributed by atoms with Crippen molar-refractivity contribution in [2.45, 2.75) is 32.7 Å². The van der Waals surface area contributed by atoms with Crippen LogP contribution < -0.4 is 10.6 Å². The maximum atomic E-state index is 11.8. The Morgan fingerprint density at radius 1 is 1.44 bits per heavy atom. The molecule has 0 saturated carbocycles. The standard InChI is InChI=1S/C11H16N4O/c1-7-6-8(2)14-11(13-7)15-10(16)9-4-3-5-12-9/h6,9,12H,3-5H2,1-2H3,(H,13,14,15,16)/t9-/m0/s1. The largest absolute Gasteiger partial charge is 0.306 e. The van der Waals surface area contributed by atoms with Gasteiger partial charge in [-0.15, -0.1) is 0 Å². The first-order valence-electron chi connectivity index (χ1n) is 5.52. The molecule has 2 N–H and O–H groups in total. The van der Waals surface area contributed by atoms with Crippen LogP contribution in [0.2, 0.25) is 0 Å². The highest BCUT2D eigenvalue weighted by Gasteiger charge is 2.22. The van der Waals surface area contributed by atoms with E-state index in [4.69, 9.17) is 0 Å². The molecule has 1 aromatic rings. The molecule has 1 amide bonds. The van der Waals surface area contributed by atoms with Gasteiger partial charge in [-0.1, -0.05) is 0 Å². The zero-order valence-corrected chi connectivity index (χ0v) is 9.58. The average Bonchev–Trinajstić information content (AvgIpc) is 2.68. The third kappa shape index (κ3) is 2.55. The first-order valence-corrected chi connectivity index (χ1v) is 5.52. The molecule has 1 aliphatic rings. The molecule has 1 fully saturated rings. The molecule has 0 bridgehead atoms. The van der Waals surface area contributed by atoms with Crippen molar-refractivity contribution < 1.29 is 4.79 Å². The molecule has 16 heavy (non-hydrogen) atoms. The van der Waals surface area contributed by atoms with Crippen molar-refractivity contribution >= 4 is 11.9 Å². The van der Waals surface area contributed by atoms with Crippen LogP contribution in [0.25, 0.3) is 0 Å². The van der Waals surface area contributed by atoms with Crippen molar-refractivity contribution in [2.75, 3.05) is 11.9 Å². The molecule has 5 nitrogen and oxygen atoms in total. The molecule has 0 aliphatic carbocycles. The van der Waals surface area contributed by atoms with E-state index in [0.29, 0.717) is 5.95 Å². The fraction of sp³-hybridized carbons (Fsp3) is 0.545. The monoisotopic (exact) mass is 220 g/mol. The molecule has 1 atom stereocenters. The number of hydrogen-bond donors (Lipinski definition) is 2. The normalized spacial score (nSPS) is 19.8. The topological polar surface area (TPSA) is 66.9 Å². The number of nitrogens with zero attached hydrogens (tertiary/aromatic N) is 2. The van der Waals surface area contributed by atoms with E-state index >= 15 is 0 Å². The Morgan fingerprint density at radius 3 is 2.69 bits per heavy atom. The second kappa shape index (κ2) is 4.57. The lowest BCUT2D eigenvalue weighted by Gasteiger charge is -2.10. The summed E-state index contributed by atoms with van der Waals surface area (Å²) in [6.45, 7) is 4.68. The molecule has 5 heteroatoms. The number of rotatable bonds is 2. The van der Waals surface area contributed by atoms with Gasteiger partial charge in [-0.25, -0.2) is 9.97 Å². The average molecular weight is 220 g/mol. The number of anilines is 1. The van der Waals surface area contributed by atoms with Gasteiger partial charge in [0, 0.05) is 11.4 Å². The minimum absolute atomic E-state index is 0.0394. The Labute approximate surface area is 94.7 Å². The maximum Gasteiger partial charge on any atom is 0.243 e. The molecule has 1 aliphatic heterocycles. The minimum atomic E-state index is -0.0931. The van der Waals surface area contributed by atoms with E-state index in [9.17, 15) is 4.79 Å². The van der Waals surface area contributed by atoms with Crippen LogP contribution in [0.1, 0.15) is 24.2 Å². The predicted molar refractivity (Wildman–Crippen MR) is 61.2 cm³/mol. The second-order valence-corrected chi connectivity index (χ2v) is 4.11. The minimum Gasteiger partial charge on any atom is -0.306 e. The van der Waals surface area contributed by atoms with Gasteiger partial charge < -0.3 is 5.32 Å². The molecular formula is C11H16N4O. The van der Waals surface area contributed by atoms with Gasteiger partial charge in [0.1, 0.15) is 0 Å². The quantitative estimate of drug-likeness (QED) is 0.773. The summed E-state index contributed by atoms with van der Waals surface area (Å²) in [5.74, 6) is 0.360. The van der Waals surface area contributed by atoms with Crippen molar-refractivity contribution in [3.8, 4) is 0 Å². The third-order valence-electron chi connectivity index (χ3n) is 2.59. The van der Waals surface area contributed by atoms with Crippen LogP contribution >= 0.6 is 0 Å². The zero-order chi connectivity index (χ0) is 11.5. The molecule has 86 valence electrons. The van der Waals surface area contributed by atoms with E-state index in [1.165, 1.54) is 0 Å². The number of hydrogen-bond acceptors (Lipinski definition) is 4. The highest BCUT2D eigenvalue weighted by atomic mass is 16.2. The van der Waals surface area contributed by atoms with E-state index < -0.39 is 0 Å². The molecule has 0 aromatic carbocycles. The summed E-state index contributed by atoms with van der Waals surface area (Å²) in [6, 6.07) is 1.79. The number of aromatic nitrogens is 2. The molecule has 2 rings (SSSR count). The number of carbonyl (C=O) groups is 1. The van der Waals surface area contributed by atoms with Crippen molar-refractivity contribution in [1.29, 1.82) is 0 Å². The number of aryl methyl sites for hydroxylation is 2. The number of carbonyl (C=O) groups excluding carboxylic acids is 1. The highest BCUT2D eigenvalue weighted by Crippen LogP contribution is 2.08. The first-order chi connectivity index (χ1) is 7.65. The van der Waals surface area contributed by atoms with Crippen LogP contribution in [0.4, 0.5) is 5.95 Å². The van der Waals surface area contributed by atoms with Gasteiger partial charge in [-0.3, -0.25) is 10.1 Å². The fourth-order valence-corrected chi connectivity index (χ4v) is 1.89. The number of nitrogens with one attached hydrogen (secondary N) is 2. The van der Waals surface area contributed by atoms with Gasteiger partial charge in [0.15, 0.2) is 0 Å². The summed E-state index contributed by atoms with van der Waals surface area (Å²) in [7, 11) is 0. The summed E-state index contributed by atoms with van der Waals surface area (Å²) in [5, 5.41) is 5.88. The van der Waals surface area contributed by atoms with E-state index in [0.717, 1.165) is 30.8 Å². The van der Waals surface area contributed by atoms with E-state index in [2.05, 4.69) is 20.6 Å². The van der Waals surface area contributed by atoms with Crippen LogP contribution in [0, 0.1) is 13.8 Å². The maximum absolute atomic E-state index is 11.8. The van der Waals surface area contributed by atoms with Crippen molar-refractivity contribution in [1.82, 2.24) is 15.3 Å². The predicted octanol–water partition coefficient (Wildman–Crippen LogP) is 0.784. The lowest BCUT2D eigenvalue weighted by atomic mass is 10.2. The van der Waals surface area contributed by atoms with Gasteiger partial charge in [-0.2, -0.15) is 0 Å². The zero-order valence-electron chi connectivity index (χ0n) is 9.58. The molecule has 1 saturated heterocycles. The highest BCUT2D eigenvalue weighted by molar-refractivity contribution is 5.93. The Bertz CT molecular complexity index is 379. The van der Waals surface area contributed by atoms with Crippen LogP contribution in [-0.4, -0.2) is 28.5 Å². The Hall–Kier alpha value is -1.49. The van der Waals surface area contributed by atoms with E-state index in [-0.39, 0.29) is 11.9 Å². The number of amides is 1. The molecule has 0 unspecified atom stereocenters. The lowest BCUT2D eigenvalue weighted by Crippen LogP contribution is -2.36. The van der Waals surface area contributed by atoms with E-state index in [1.54, 1.807) is 0 Å². The summed E-state index contributed by atoms with van der Waals surface area (Å²) >= 11 is 0. The smallest absolute Gasteiger partial charge is 0.243 e. The van der Waals surface area contributed by atoms with Crippen LogP contribution in [-0.2, 0) is 4.79 Å². The summed E-state index contributed by atoms with van der Waals surface area (Å²) in [6.07, 6.45) is 1.93. The van der Waals surface area contributed by atoms with Crippen molar-refractivity contribution in [3.05, 3.63) is 17.5 Å². The first kappa shape index (κ1) is 11.0. The van der Waals surface area contributed by atoms with Gasteiger partial charge in [0.05, 0.1) is 6.04 Å². The molecule has 2 heterocycles. The van der Waals surface area contributed by atoms with Gasteiger partial charge in [0.2, 0.25) is 11.9 Å². The summed E-state index contributed by atoms with van der Waals surface area (Å²) < 4.78 is 0. The molecular weight excluding hydrogens is 204 g/mol. The molecule has 1 aromatic heterocycles. The van der Waals surface area contributed by atoms with Gasteiger partial charge >= 0.3 is 0 Å². The fourth-order valence-electron chi connectivity index (χ4n) is 1.89.